The van der Waals surface area contributed by atoms with E-state index in [0.717, 1.165) is 55.0 Å². The number of likely N-dealkylation sites (N-methyl/N-ethyl adjacent to an activating group) is 1. The van der Waals surface area contributed by atoms with Crippen LogP contribution < -0.4 is 31.9 Å². The Balaban J connectivity index is 0.743. The van der Waals surface area contributed by atoms with Crippen molar-refractivity contribution in [2.24, 2.45) is 0 Å². The number of likely N-dealkylation sites (tertiary alicyclic amines) is 1. The van der Waals surface area contributed by atoms with Crippen LogP contribution in [0.2, 0.25) is 5.02 Å². The molecule has 2 aliphatic heterocycles. The molecule has 2 aliphatic rings. The largest absolute Gasteiger partial charge is 0.377 e. The molecule has 0 saturated carbocycles. The third kappa shape index (κ3) is 17.7. The number of halogens is 1. The number of nitrogens with zero attached hydrogens (tertiary/aromatic N) is 4. The van der Waals surface area contributed by atoms with Gasteiger partial charge in [0.1, 0.15) is 0 Å². The molecule has 2 saturated heterocycles. The van der Waals surface area contributed by atoms with Gasteiger partial charge in [-0.1, -0.05) is 48.7 Å². The van der Waals surface area contributed by atoms with E-state index in [4.69, 9.17) is 30.8 Å². The molecule has 0 bridgehead atoms. The lowest BCUT2D eigenvalue weighted by molar-refractivity contribution is -0.122. The van der Waals surface area contributed by atoms with E-state index < -0.39 is 0 Å². The number of carbonyl (C=O) groups is 5. The molecule has 4 heterocycles. The summed E-state index contributed by atoms with van der Waals surface area (Å²) in [6, 6.07) is 15.0. The minimum absolute atomic E-state index is 0.0106. The first-order valence-corrected chi connectivity index (χ1v) is 24.6. The summed E-state index contributed by atoms with van der Waals surface area (Å²) in [6.45, 7) is 7.30. The quantitative estimate of drug-likeness (QED) is 0.0278. The fourth-order valence-corrected chi connectivity index (χ4v) is 8.37. The number of rotatable bonds is 29. The van der Waals surface area contributed by atoms with Crippen molar-refractivity contribution in [3.05, 3.63) is 83.7 Å². The first-order chi connectivity index (χ1) is 34.0. The number of unbranched alkanes of at least 4 members (excludes halogenated alkanes) is 2. The molecule has 6 rings (SSSR count). The summed E-state index contributed by atoms with van der Waals surface area (Å²) in [5.74, 6) is -0.0303. The molecule has 19 nitrogen and oxygen atoms in total. The van der Waals surface area contributed by atoms with E-state index in [1.807, 2.05) is 54.2 Å². The normalized spacial score (nSPS) is 16.9. The summed E-state index contributed by atoms with van der Waals surface area (Å²) in [6.07, 6.45) is 12.8. The Labute approximate surface area is 414 Å². The SMILES string of the molecule is CC1NC(=O)NC1CCCCCC(=O)NCCOCCOCCOCCNC(=O)CCN(C)C/C=C/C(=O)Nc1ccc(C(=O)N2CCC[C@@H](Nc3ncc(Cl)c(-c4c[nH]c5ccccc45)n3)C2)cc1. The first-order valence-electron chi connectivity index (χ1n) is 24.3. The van der Waals surface area contributed by atoms with E-state index in [1.54, 1.807) is 36.5 Å². The molecule has 0 aliphatic carbocycles. The van der Waals surface area contributed by atoms with Gasteiger partial charge in [-0.15, -0.1) is 0 Å². The van der Waals surface area contributed by atoms with E-state index >= 15 is 0 Å². The van der Waals surface area contributed by atoms with Gasteiger partial charge in [-0.2, -0.15) is 0 Å². The second kappa shape index (κ2) is 28.5. The molecule has 2 unspecified atom stereocenters. The van der Waals surface area contributed by atoms with Crippen LogP contribution in [0, 0.1) is 0 Å². The average molecular weight is 987 g/mol. The van der Waals surface area contributed by atoms with Gasteiger partial charge in [0.2, 0.25) is 23.7 Å². The maximum atomic E-state index is 13.5. The molecular weight excluding hydrogens is 918 g/mol. The lowest BCUT2D eigenvalue weighted by Gasteiger charge is -2.33. The van der Waals surface area contributed by atoms with Gasteiger partial charge in [-0.25, -0.2) is 14.8 Å². The number of aromatic amines is 1. The topological polar surface area (TPSA) is 233 Å². The molecule has 6 amide bonds. The number of hydrogen-bond donors (Lipinski definition) is 7. The Morgan fingerprint density at radius 2 is 1.61 bits per heavy atom. The van der Waals surface area contributed by atoms with Crippen molar-refractivity contribution >= 4 is 63.8 Å². The Hall–Kier alpha value is -6.12. The van der Waals surface area contributed by atoms with Gasteiger partial charge in [0.05, 0.1) is 62.6 Å². The van der Waals surface area contributed by atoms with E-state index in [2.05, 4.69) is 41.9 Å². The van der Waals surface area contributed by atoms with Crippen LogP contribution in [0.4, 0.5) is 16.4 Å². The number of hydrogen-bond acceptors (Lipinski definition) is 12. The zero-order valence-electron chi connectivity index (χ0n) is 40.2. The number of piperidine rings is 1. The summed E-state index contributed by atoms with van der Waals surface area (Å²) < 4.78 is 16.6. The predicted molar refractivity (Wildman–Crippen MR) is 270 cm³/mol. The smallest absolute Gasteiger partial charge is 0.315 e. The van der Waals surface area contributed by atoms with Crippen LogP contribution >= 0.6 is 11.6 Å². The van der Waals surface area contributed by atoms with Crippen LogP contribution in [0.3, 0.4) is 0 Å². The summed E-state index contributed by atoms with van der Waals surface area (Å²) in [4.78, 5) is 78.0. The van der Waals surface area contributed by atoms with Crippen molar-refractivity contribution < 1.29 is 38.2 Å². The number of carbonyl (C=O) groups excluding carboxylic acids is 5. The van der Waals surface area contributed by atoms with Crippen LogP contribution in [0.1, 0.15) is 68.6 Å². The van der Waals surface area contributed by atoms with Crippen LogP contribution in [0.15, 0.2) is 73.1 Å². The Bertz CT molecular complexity index is 2350. The van der Waals surface area contributed by atoms with Gasteiger partial charge >= 0.3 is 6.03 Å². The molecule has 0 spiro atoms. The number of para-hydroxylation sites is 1. The number of benzene rings is 2. The number of anilines is 2. The highest BCUT2D eigenvalue weighted by Gasteiger charge is 2.27. The van der Waals surface area contributed by atoms with Crippen molar-refractivity contribution in [3.63, 3.8) is 0 Å². The molecule has 2 aromatic heterocycles. The van der Waals surface area contributed by atoms with Gasteiger partial charge in [0, 0.05) is 104 Å². The van der Waals surface area contributed by atoms with Crippen LogP contribution in [-0.4, -0.2) is 158 Å². The summed E-state index contributed by atoms with van der Waals surface area (Å²) in [7, 11) is 1.87. The average Bonchev–Trinajstić information content (AvgIpc) is 3.93. The van der Waals surface area contributed by atoms with Crippen molar-refractivity contribution in [2.45, 2.75) is 76.4 Å². The molecule has 7 N–H and O–H groups in total. The monoisotopic (exact) mass is 985 g/mol. The van der Waals surface area contributed by atoms with Gasteiger partial charge in [-0.05, 0) is 70.0 Å². The minimum Gasteiger partial charge on any atom is -0.377 e. The third-order valence-corrected chi connectivity index (χ3v) is 12.3. The Kier molecular flexibility index (Phi) is 21.7. The van der Waals surface area contributed by atoms with Crippen molar-refractivity contribution in [1.29, 1.82) is 0 Å². The number of H-pyrrole nitrogens is 1. The lowest BCUT2D eigenvalue weighted by atomic mass is 10.0. The predicted octanol–water partition coefficient (Wildman–Crippen LogP) is 5.11. The third-order valence-electron chi connectivity index (χ3n) is 12.0. The zero-order chi connectivity index (χ0) is 49.5. The van der Waals surface area contributed by atoms with Crippen LogP contribution in [0.25, 0.3) is 22.2 Å². The number of aromatic nitrogens is 3. The van der Waals surface area contributed by atoms with Gasteiger partial charge in [0.15, 0.2) is 0 Å². The standard InChI is InChI=1S/C50H68ClN11O8/c1-35-42(59-50(67)56-35)12-4-3-5-14-44(63)52-21-26-68-28-30-70-31-29-69-27-22-53-45(64)20-25-61(2)23-9-15-46(65)57-37-18-16-36(17-19-37)48(66)62-24-8-10-38(34-62)58-49-55-33-41(51)47(60-49)40-32-54-43-13-7-6-11-39(40)43/h6-7,9,11,13,15-19,32-33,35,38,42,54H,3-5,8,10,12,14,20-31,34H2,1-2H3,(H,52,63)(H,53,64)(H,57,65)(H,55,58,60)(H2,56,59,67)/b15-9+/t35?,38-,42?/m1/s1. The highest BCUT2D eigenvalue weighted by Crippen LogP contribution is 2.32. The lowest BCUT2D eigenvalue weighted by Crippen LogP contribution is -2.45. The van der Waals surface area contributed by atoms with E-state index in [9.17, 15) is 24.0 Å². The fraction of sp³-hybridized carbons (Fsp3) is 0.500. The Morgan fingerprint density at radius 3 is 2.34 bits per heavy atom. The maximum absolute atomic E-state index is 13.5. The molecule has 70 heavy (non-hydrogen) atoms. The van der Waals surface area contributed by atoms with E-state index in [-0.39, 0.29) is 47.8 Å². The number of urea groups is 1. The van der Waals surface area contributed by atoms with Gasteiger partial charge in [-0.3, -0.25) is 19.2 Å². The summed E-state index contributed by atoms with van der Waals surface area (Å²) in [5, 5.41) is 19.2. The van der Waals surface area contributed by atoms with E-state index in [0.29, 0.717) is 120 Å². The number of ether oxygens (including phenoxy) is 3. The molecule has 0 radical (unpaired) electrons. The maximum Gasteiger partial charge on any atom is 0.315 e. The van der Waals surface area contributed by atoms with Crippen molar-refractivity contribution in [2.75, 3.05) is 96.6 Å². The molecule has 20 heteroatoms. The number of fused-ring (bicyclic) bond motifs is 1. The molecule has 2 fully saturated rings. The molecule has 4 aromatic rings. The zero-order valence-corrected chi connectivity index (χ0v) is 41.0. The van der Waals surface area contributed by atoms with Gasteiger partial charge < -0.3 is 60.9 Å². The van der Waals surface area contributed by atoms with Crippen molar-refractivity contribution in [3.8, 4) is 11.3 Å². The van der Waals surface area contributed by atoms with Gasteiger partial charge in [0.25, 0.3) is 5.91 Å². The van der Waals surface area contributed by atoms with Crippen LogP contribution in [0.5, 0.6) is 0 Å². The second-order valence-corrected chi connectivity index (χ2v) is 17.9. The van der Waals surface area contributed by atoms with E-state index in [1.165, 1.54) is 6.08 Å². The molecule has 2 aromatic carbocycles. The number of nitrogens with one attached hydrogen (secondary N) is 7. The fourth-order valence-electron chi connectivity index (χ4n) is 8.18. The summed E-state index contributed by atoms with van der Waals surface area (Å²) in [5.41, 5.74) is 3.60. The highest BCUT2D eigenvalue weighted by molar-refractivity contribution is 6.33. The van der Waals surface area contributed by atoms with Crippen molar-refractivity contribution in [1.82, 2.24) is 46.0 Å². The second-order valence-electron chi connectivity index (χ2n) is 17.5. The number of amides is 6. The van der Waals surface area contributed by atoms with Crippen LogP contribution in [-0.2, 0) is 28.6 Å². The Morgan fingerprint density at radius 1 is 0.900 bits per heavy atom. The minimum atomic E-state index is -0.301. The summed E-state index contributed by atoms with van der Waals surface area (Å²) >= 11 is 6.54. The first kappa shape index (κ1) is 53.2. The molecule has 3 atom stereocenters. The molecular formula is C50H68ClN11O8. The molecule has 378 valence electrons. The highest BCUT2D eigenvalue weighted by atomic mass is 35.5.